The molecule has 4 atom stereocenters. The Kier molecular flexibility index (Phi) is 6.64. The number of aldehydes is 1. The average Bonchev–Trinajstić information content (AvgIpc) is 2.39. The first-order chi connectivity index (χ1) is 10.3. The van der Waals surface area contributed by atoms with Crippen LogP contribution in [0.2, 0.25) is 18.1 Å². The molecule has 0 radical (unpaired) electrons. The van der Waals surface area contributed by atoms with Crippen LogP contribution in [0.15, 0.2) is 0 Å². The highest BCUT2D eigenvalue weighted by Gasteiger charge is 2.44. The van der Waals surface area contributed by atoms with Crippen molar-refractivity contribution < 1.29 is 18.7 Å². The Hall–Kier alpha value is -0.233. The van der Waals surface area contributed by atoms with Gasteiger partial charge in [-0.25, -0.2) is 0 Å². The van der Waals surface area contributed by atoms with Crippen molar-refractivity contribution in [2.24, 2.45) is 11.8 Å². The summed E-state index contributed by atoms with van der Waals surface area (Å²) in [7, 11) is -1.93. The van der Waals surface area contributed by atoms with E-state index in [9.17, 15) is 4.79 Å². The van der Waals surface area contributed by atoms with Crippen molar-refractivity contribution in [3.05, 3.63) is 0 Å². The molecular weight excluding hydrogens is 308 g/mol. The second kappa shape index (κ2) is 7.34. The molecule has 0 amide bonds. The van der Waals surface area contributed by atoms with Crippen molar-refractivity contribution in [1.82, 2.24) is 0 Å². The minimum Gasteiger partial charge on any atom is -0.413 e. The third-order valence-corrected chi connectivity index (χ3v) is 9.86. The molecule has 5 heteroatoms. The highest BCUT2D eigenvalue weighted by molar-refractivity contribution is 6.74. The Morgan fingerprint density at radius 3 is 2.39 bits per heavy atom. The van der Waals surface area contributed by atoms with Crippen molar-refractivity contribution in [2.45, 2.75) is 91.0 Å². The first-order valence-electron chi connectivity index (χ1n) is 8.74. The van der Waals surface area contributed by atoms with Crippen molar-refractivity contribution in [2.75, 3.05) is 6.61 Å². The monoisotopic (exact) mass is 344 g/mol. The van der Waals surface area contributed by atoms with Gasteiger partial charge < -0.3 is 18.7 Å². The highest BCUT2D eigenvalue weighted by Crippen LogP contribution is 2.40. The standard InChI is InChI=1S/C18H36O4Si/c1-13-12-20-18(6,7)21-16(13)14(2)15(10-11-19)22-23(8,9)17(3,4)5/h11,13-16H,10,12H2,1-9H3/t13-,14-,15+,16-/m1/s1. The second-order valence-electron chi connectivity index (χ2n) is 8.95. The minimum absolute atomic E-state index is 0.0356. The van der Waals surface area contributed by atoms with E-state index in [4.69, 9.17) is 13.9 Å². The van der Waals surface area contributed by atoms with Crippen LogP contribution >= 0.6 is 0 Å². The van der Waals surface area contributed by atoms with E-state index in [1.165, 1.54) is 0 Å². The summed E-state index contributed by atoms with van der Waals surface area (Å²) in [6, 6.07) is 0. The quantitative estimate of drug-likeness (QED) is 0.529. The van der Waals surface area contributed by atoms with Gasteiger partial charge in [0, 0.05) is 18.3 Å². The summed E-state index contributed by atoms with van der Waals surface area (Å²) in [5.41, 5.74) is 0. The zero-order chi connectivity index (χ0) is 18.1. The Balaban J connectivity index is 2.93. The number of rotatable bonds is 6. The molecule has 0 N–H and O–H groups in total. The lowest BCUT2D eigenvalue weighted by molar-refractivity contribution is -0.303. The first kappa shape index (κ1) is 20.8. The highest BCUT2D eigenvalue weighted by atomic mass is 28.4. The van der Waals surface area contributed by atoms with Crippen LogP contribution in [0.4, 0.5) is 0 Å². The zero-order valence-corrected chi connectivity index (χ0v) is 17.4. The van der Waals surface area contributed by atoms with Crippen LogP contribution in [0.5, 0.6) is 0 Å². The summed E-state index contributed by atoms with van der Waals surface area (Å²) in [4.78, 5) is 11.2. The fourth-order valence-electron chi connectivity index (χ4n) is 2.76. The largest absolute Gasteiger partial charge is 0.413 e. The van der Waals surface area contributed by atoms with Gasteiger partial charge in [0.2, 0.25) is 0 Å². The number of ether oxygens (including phenoxy) is 2. The van der Waals surface area contributed by atoms with Gasteiger partial charge in [0.1, 0.15) is 6.29 Å². The van der Waals surface area contributed by atoms with Gasteiger partial charge in [-0.15, -0.1) is 0 Å². The molecular formula is C18H36O4Si. The van der Waals surface area contributed by atoms with E-state index in [1.807, 2.05) is 13.8 Å². The van der Waals surface area contributed by atoms with Gasteiger partial charge >= 0.3 is 0 Å². The van der Waals surface area contributed by atoms with Gasteiger partial charge in [-0.1, -0.05) is 34.6 Å². The van der Waals surface area contributed by atoms with Crippen molar-refractivity contribution >= 4 is 14.6 Å². The van der Waals surface area contributed by atoms with E-state index in [1.54, 1.807) is 0 Å². The van der Waals surface area contributed by atoms with E-state index in [-0.39, 0.29) is 29.1 Å². The van der Waals surface area contributed by atoms with Gasteiger partial charge in [-0.2, -0.15) is 0 Å². The Bertz CT molecular complexity index is 400. The predicted octanol–water partition coefficient (Wildman–Crippen LogP) is 4.39. The van der Waals surface area contributed by atoms with Crippen molar-refractivity contribution in [3.63, 3.8) is 0 Å². The molecule has 1 rings (SSSR count). The maximum absolute atomic E-state index is 11.2. The second-order valence-corrected chi connectivity index (χ2v) is 13.7. The molecule has 1 aliphatic rings. The molecule has 136 valence electrons. The van der Waals surface area contributed by atoms with E-state index < -0.39 is 14.1 Å². The fourth-order valence-corrected chi connectivity index (χ4v) is 4.18. The molecule has 0 aliphatic carbocycles. The molecule has 23 heavy (non-hydrogen) atoms. The summed E-state index contributed by atoms with van der Waals surface area (Å²) in [6.45, 7) is 20.0. The molecule has 0 aromatic carbocycles. The Morgan fingerprint density at radius 1 is 1.35 bits per heavy atom. The van der Waals surface area contributed by atoms with E-state index in [0.717, 1.165) is 6.29 Å². The van der Waals surface area contributed by atoms with Crippen LogP contribution in [-0.2, 0) is 18.7 Å². The average molecular weight is 345 g/mol. The minimum atomic E-state index is -1.93. The smallest absolute Gasteiger partial charge is 0.192 e. The molecule has 0 unspecified atom stereocenters. The molecule has 1 aliphatic heterocycles. The number of carbonyl (C=O) groups excluding carboxylic acids is 1. The van der Waals surface area contributed by atoms with Crippen LogP contribution in [-0.4, -0.2) is 39.2 Å². The maximum Gasteiger partial charge on any atom is 0.192 e. The summed E-state index contributed by atoms with van der Waals surface area (Å²) < 4.78 is 18.5. The predicted molar refractivity (Wildman–Crippen MR) is 96.0 cm³/mol. The Labute approximate surface area is 143 Å². The number of hydrogen-bond donors (Lipinski definition) is 0. The summed E-state index contributed by atoms with van der Waals surface area (Å²) in [5.74, 6) is -0.142. The molecule has 1 heterocycles. The van der Waals surface area contributed by atoms with Gasteiger partial charge in [0.15, 0.2) is 14.1 Å². The zero-order valence-electron chi connectivity index (χ0n) is 16.4. The van der Waals surface area contributed by atoms with E-state index >= 15 is 0 Å². The topological polar surface area (TPSA) is 44.8 Å². The molecule has 0 bridgehead atoms. The molecule has 1 saturated heterocycles. The fraction of sp³-hybridized carbons (Fsp3) is 0.944. The molecule has 4 nitrogen and oxygen atoms in total. The van der Waals surface area contributed by atoms with Crippen LogP contribution in [0.25, 0.3) is 0 Å². The third-order valence-electron chi connectivity index (χ3n) is 5.36. The van der Waals surface area contributed by atoms with Crippen molar-refractivity contribution in [1.29, 1.82) is 0 Å². The van der Waals surface area contributed by atoms with Crippen molar-refractivity contribution in [3.8, 4) is 0 Å². The third kappa shape index (κ3) is 5.38. The first-order valence-corrected chi connectivity index (χ1v) is 11.6. The lowest BCUT2D eigenvalue weighted by atomic mass is 9.87. The SMILES string of the molecule is C[C@@H]([C@@H]1OC(C)(C)OC[C@H]1C)[C@H](CC=O)O[Si](C)(C)C(C)(C)C. The van der Waals surface area contributed by atoms with Crippen LogP contribution in [0, 0.1) is 11.8 Å². The van der Waals surface area contributed by atoms with Gasteiger partial charge in [0.05, 0.1) is 18.8 Å². The number of carbonyl (C=O) groups is 1. The van der Waals surface area contributed by atoms with E-state index in [0.29, 0.717) is 13.0 Å². The van der Waals surface area contributed by atoms with Crippen LogP contribution in [0.3, 0.4) is 0 Å². The summed E-state index contributed by atoms with van der Waals surface area (Å²) in [6.07, 6.45) is 1.33. The molecule has 0 saturated carbocycles. The molecule has 0 aromatic heterocycles. The normalized spacial score (nSPS) is 28.2. The lowest BCUT2D eigenvalue weighted by Gasteiger charge is -2.46. The van der Waals surface area contributed by atoms with Gasteiger partial charge in [0.25, 0.3) is 0 Å². The number of hydrogen-bond acceptors (Lipinski definition) is 4. The molecule has 0 spiro atoms. The van der Waals surface area contributed by atoms with Gasteiger partial charge in [-0.05, 0) is 32.0 Å². The van der Waals surface area contributed by atoms with E-state index in [2.05, 4.69) is 47.7 Å². The molecule has 0 aromatic rings. The maximum atomic E-state index is 11.2. The molecule has 1 fully saturated rings. The summed E-state index contributed by atoms with van der Waals surface area (Å²) >= 11 is 0. The van der Waals surface area contributed by atoms with Crippen LogP contribution < -0.4 is 0 Å². The Morgan fingerprint density at radius 2 is 1.91 bits per heavy atom. The van der Waals surface area contributed by atoms with Gasteiger partial charge in [-0.3, -0.25) is 0 Å². The summed E-state index contributed by atoms with van der Waals surface area (Å²) in [5, 5.41) is 0.120. The van der Waals surface area contributed by atoms with Crippen LogP contribution in [0.1, 0.15) is 54.9 Å². The lowest BCUT2D eigenvalue weighted by Crippen LogP contribution is -2.52.